The zero-order valence-corrected chi connectivity index (χ0v) is 9.03. The number of non-ortho nitro benzene ring substituents is 1. The standard InChI is InChI=1S/C10H10N2O2S/c1-7-6-11-10(15-7)8-2-4-9(5-3-8)12(13)14/h2-5,7H,6H2,1H3. The maximum absolute atomic E-state index is 10.5. The summed E-state index contributed by atoms with van der Waals surface area (Å²) in [6, 6.07) is 6.53. The first-order valence-corrected chi connectivity index (χ1v) is 5.51. The van der Waals surface area contributed by atoms with Gasteiger partial charge in [0.2, 0.25) is 0 Å². The van der Waals surface area contributed by atoms with E-state index in [0.29, 0.717) is 5.25 Å². The molecule has 1 aromatic rings. The number of nitro benzene ring substituents is 1. The smallest absolute Gasteiger partial charge is 0.269 e. The predicted molar refractivity (Wildman–Crippen MR) is 61.6 cm³/mol. The molecule has 0 radical (unpaired) electrons. The van der Waals surface area contributed by atoms with Crippen molar-refractivity contribution in [2.24, 2.45) is 4.99 Å². The Morgan fingerprint density at radius 2 is 2.13 bits per heavy atom. The molecule has 0 aromatic heterocycles. The van der Waals surface area contributed by atoms with E-state index in [4.69, 9.17) is 0 Å². The van der Waals surface area contributed by atoms with Gasteiger partial charge >= 0.3 is 0 Å². The highest BCUT2D eigenvalue weighted by Gasteiger charge is 2.16. The maximum atomic E-state index is 10.5. The van der Waals surface area contributed by atoms with Gasteiger partial charge in [-0.3, -0.25) is 15.1 Å². The number of hydrogen-bond donors (Lipinski definition) is 0. The fourth-order valence-electron chi connectivity index (χ4n) is 1.36. The summed E-state index contributed by atoms with van der Waals surface area (Å²) < 4.78 is 0. The number of nitro groups is 1. The lowest BCUT2D eigenvalue weighted by atomic mass is 10.2. The van der Waals surface area contributed by atoms with Crippen molar-refractivity contribution in [3.05, 3.63) is 39.9 Å². The molecule has 1 atom stereocenters. The van der Waals surface area contributed by atoms with Crippen molar-refractivity contribution in [1.82, 2.24) is 0 Å². The lowest BCUT2D eigenvalue weighted by Gasteiger charge is -2.00. The van der Waals surface area contributed by atoms with Crippen molar-refractivity contribution in [1.29, 1.82) is 0 Å². The number of nitrogens with zero attached hydrogens (tertiary/aromatic N) is 2. The predicted octanol–water partition coefficient (Wildman–Crippen LogP) is 2.48. The summed E-state index contributed by atoms with van der Waals surface area (Å²) in [5.74, 6) is 0. The van der Waals surface area contributed by atoms with Gasteiger partial charge in [-0.1, -0.05) is 6.92 Å². The minimum absolute atomic E-state index is 0.121. The lowest BCUT2D eigenvalue weighted by molar-refractivity contribution is -0.384. The maximum Gasteiger partial charge on any atom is 0.269 e. The number of rotatable bonds is 2. The largest absolute Gasteiger partial charge is 0.277 e. The number of hydrogen-bond acceptors (Lipinski definition) is 4. The fraction of sp³-hybridized carbons (Fsp3) is 0.300. The second-order valence-electron chi connectivity index (χ2n) is 3.38. The van der Waals surface area contributed by atoms with E-state index in [9.17, 15) is 10.1 Å². The van der Waals surface area contributed by atoms with E-state index in [1.165, 1.54) is 12.1 Å². The van der Waals surface area contributed by atoms with Crippen LogP contribution in [0, 0.1) is 10.1 Å². The molecular formula is C10H10N2O2S. The number of thioether (sulfide) groups is 1. The van der Waals surface area contributed by atoms with Crippen molar-refractivity contribution in [2.45, 2.75) is 12.2 Å². The van der Waals surface area contributed by atoms with E-state index in [2.05, 4.69) is 11.9 Å². The molecule has 2 rings (SSSR count). The molecule has 78 valence electrons. The summed E-state index contributed by atoms with van der Waals surface area (Å²) in [5, 5.41) is 11.9. The Morgan fingerprint density at radius 3 is 2.60 bits per heavy atom. The van der Waals surface area contributed by atoms with E-state index < -0.39 is 4.92 Å². The molecule has 0 aliphatic carbocycles. The molecule has 5 heteroatoms. The molecule has 1 unspecified atom stereocenters. The second kappa shape index (κ2) is 4.02. The molecule has 1 aliphatic rings. The Labute approximate surface area is 91.6 Å². The summed E-state index contributed by atoms with van der Waals surface area (Å²) >= 11 is 1.71. The molecule has 1 heterocycles. The van der Waals surface area contributed by atoms with Crippen LogP contribution in [-0.2, 0) is 0 Å². The Bertz CT molecular complexity index is 414. The van der Waals surface area contributed by atoms with Gasteiger partial charge in [0, 0.05) is 22.9 Å². The van der Waals surface area contributed by atoms with E-state index in [-0.39, 0.29) is 5.69 Å². The molecular weight excluding hydrogens is 212 g/mol. The third-order valence-electron chi connectivity index (χ3n) is 2.13. The van der Waals surface area contributed by atoms with Crippen molar-refractivity contribution in [3.63, 3.8) is 0 Å². The van der Waals surface area contributed by atoms with Gasteiger partial charge in [0.05, 0.1) is 16.5 Å². The minimum Gasteiger partial charge on any atom is -0.277 e. The molecule has 4 nitrogen and oxygen atoms in total. The van der Waals surface area contributed by atoms with Crippen molar-refractivity contribution in [2.75, 3.05) is 6.54 Å². The monoisotopic (exact) mass is 222 g/mol. The molecule has 1 aliphatic heterocycles. The van der Waals surface area contributed by atoms with Crippen LogP contribution in [-0.4, -0.2) is 21.8 Å². The SMILES string of the molecule is CC1CN=C(c2ccc([N+](=O)[O-])cc2)S1. The number of aliphatic imine (C=N–C) groups is 1. The Hall–Kier alpha value is -1.36. The lowest BCUT2D eigenvalue weighted by Crippen LogP contribution is -1.96. The first kappa shape index (κ1) is 10.2. The van der Waals surface area contributed by atoms with Gasteiger partial charge in [0.15, 0.2) is 0 Å². The topological polar surface area (TPSA) is 55.5 Å². The van der Waals surface area contributed by atoms with Gasteiger partial charge in [-0.25, -0.2) is 0 Å². The van der Waals surface area contributed by atoms with E-state index in [1.54, 1.807) is 23.9 Å². The molecule has 0 fully saturated rings. The summed E-state index contributed by atoms with van der Waals surface area (Å²) in [6.45, 7) is 2.95. The molecule has 0 amide bonds. The number of benzene rings is 1. The molecule has 15 heavy (non-hydrogen) atoms. The van der Waals surface area contributed by atoms with Crippen LogP contribution in [0.3, 0.4) is 0 Å². The van der Waals surface area contributed by atoms with Crippen molar-refractivity contribution < 1.29 is 4.92 Å². The van der Waals surface area contributed by atoms with E-state index in [0.717, 1.165) is 17.2 Å². The van der Waals surface area contributed by atoms with Crippen LogP contribution >= 0.6 is 11.8 Å². The Kier molecular flexibility index (Phi) is 2.73. The summed E-state index contributed by atoms with van der Waals surface area (Å²) in [5.41, 5.74) is 1.09. The second-order valence-corrected chi connectivity index (χ2v) is 4.81. The van der Waals surface area contributed by atoms with Gasteiger partial charge in [0.1, 0.15) is 0 Å². The zero-order valence-electron chi connectivity index (χ0n) is 8.21. The molecule has 0 spiro atoms. The molecule has 0 N–H and O–H groups in total. The van der Waals surface area contributed by atoms with Crippen molar-refractivity contribution in [3.8, 4) is 0 Å². The van der Waals surface area contributed by atoms with Gasteiger partial charge in [-0.2, -0.15) is 0 Å². The molecule has 0 saturated heterocycles. The molecule has 1 aromatic carbocycles. The van der Waals surface area contributed by atoms with Crippen LogP contribution in [0.2, 0.25) is 0 Å². The fourth-order valence-corrected chi connectivity index (χ4v) is 2.31. The van der Waals surface area contributed by atoms with Crippen LogP contribution in [0.4, 0.5) is 5.69 Å². The molecule has 0 saturated carbocycles. The van der Waals surface area contributed by atoms with Crippen LogP contribution in [0.25, 0.3) is 0 Å². The Balaban J connectivity index is 2.21. The van der Waals surface area contributed by atoms with Gasteiger partial charge in [-0.15, -0.1) is 11.8 Å². The van der Waals surface area contributed by atoms with E-state index in [1.807, 2.05) is 0 Å². The average Bonchev–Trinajstić information content (AvgIpc) is 2.65. The normalized spacial score (nSPS) is 20.1. The highest BCUT2D eigenvalue weighted by molar-refractivity contribution is 8.15. The van der Waals surface area contributed by atoms with Gasteiger partial charge in [-0.05, 0) is 12.1 Å². The first-order chi connectivity index (χ1) is 7.16. The van der Waals surface area contributed by atoms with Crippen LogP contribution in [0.5, 0.6) is 0 Å². The van der Waals surface area contributed by atoms with Crippen LogP contribution < -0.4 is 0 Å². The highest BCUT2D eigenvalue weighted by Crippen LogP contribution is 2.26. The average molecular weight is 222 g/mol. The molecule has 0 bridgehead atoms. The quantitative estimate of drug-likeness (QED) is 0.570. The highest BCUT2D eigenvalue weighted by atomic mass is 32.2. The Morgan fingerprint density at radius 1 is 1.47 bits per heavy atom. The third kappa shape index (κ3) is 2.18. The first-order valence-electron chi connectivity index (χ1n) is 4.63. The summed E-state index contributed by atoms with van der Waals surface area (Å²) in [4.78, 5) is 14.4. The van der Waals surface area contributed by atoms with E-state index >= 15 is 0 Å². The minimum atomic E-state index is -0.393. The summed E-state index contributed by atoms with van der Waals surface area (Å²) in [7, 11) is 0. The third-order valence-corrected chi connectivity index (χ3v) is 3.27. The van der Waals surface area contributed by atoms with Crippen LogP contribution in [0.15, 0.2) is 29.3 Å². The summed E-state index contributed by atoms with van der Waals surface area (Å²) in [6.07, 6.45) is 0. The zero-order chi connectivity index (χ0) is 10.8. The van der Waals surface area contributed by atoms with Crippen molar-refractivity contribution >= 4 is 22.5 Å². The van der Waals surface area contributed by atoms with Gasteiger partial charge < -0.3 is 0 Å². The van der Waals surface area contributed by atoms with Gasteiger partial charge in [0.25, 0.3) is 5.69 Å². The van der Waals surface area contributed by atoms with Crippen LogP contribution in [0.1, 0.15) is 12.5 Å².